The molecule has 0 aliphatic carbocycles. The van der Waals surface area contributed by atoms with Gasteiger partial charge in [-0.1, -0.05) is 17.3 Å². The number of halogens is 3. The number of aromatic nitrogens is 1. The van der Waals surface area contributed by atoms with Crippen LogP contribution in [0.1, 0.15) is 34.1 Å². The molecule has 8 heteroatoms. The predicted octanol–water partition coefficient (Wildman–Crippen LogP) is 2.64. The minimum Gasteiger partial charge on any atom is -0.391 e. The quantitative estimate of drug-likeness (QED) is 0.921. The van der Waals surface area contributed by atoms with E-state index in [1.807, 2.05) is 0 Å². The standard InChI is InChI=1S/C15H13F3N2O3/c16-15(17,18)10-3-1-9(2-4-10)13-7-11(21)8-20(13)14(22)12-5-6-23-19-12/h1-6,11,13,21H,7-8H2. The molecule has 1 N–H and O–H groups in total. The Hall–Kier alpha value is -2.35. The zero-order valence-electron chi connectivity index (χ0n) is 11.8. The van der Waals surface area contributed by atoms with Crippen molar-refractivity contribution in [3.05, 3.63) is 53.4 Å². The number of nitrogens with zero attached hydrogens (tertiary/aromatic N) is 2. The van der Waals surface area contributed by atoms with E-state index in [2.05, 4.69) is 9.68 Å². The van der Waals surface area contributed by atoms with Crippen LogP contribution in [0.3, 0.4) is 0 Å². The van der Waals surface area contributed by atoms with Crippen molar-refractivity contribution in [2.24, 2.45) is 0 Å². The van der Waals surface area contributed by atoms with Gasteiger partial charge in [0.25, 0.3) is 5.91 Å². The van der Waals surface area contributed by atoms with Gasteiger partial charge in [-0.2, -0.15) is 13.2 Å². The lowest BCUT2D eigenvalue weighted by Crippen LogP contribution is -2.32. The van der Waals surface area contributed by atoms with E-state index in [9.17, 15) is 23.1 Å². The van der Waals surface area contributed by atoms with E-state index in [4.69, 9.17) is 0 Å². The molecular formula is C15H13F3N2O3. The number of benzene rings is 1. The first-order chi connectivity index (χ1) is 10.9. The largest absolute Gasteiger partial charge is 0.416 e. The second kappa shape index (κ2) is 5.69. The molecule has 2 aromatic rings. The average Bonchev–Trinajstić information content (AvgIpc) is 3.15. The molecule has 1 fully saturated rings. The van der Waals surface area contributed by atoms with Crippen LogP contribution in [0.15, 0.2) is 41.1 Å². The molecule has 1 aliphatic rings. The highest BCUT2D eigenvalue weighted by atomic mass is 19.4. The summed E-state index contributed by atoms with van der Waals surface area (Å²) in [7, 11) is 0. The molecule has 2 unspecified atom stereocenters. The fourth-order valence-electron chi connectivity index (χ4n) is 2.72. The van der Waals surface area contributed by atoms with Gasteiger partial charge in [0.1, 0.15) is 6.26 Å². The molecule has 1 aromatic carbocycles. The van der Waals surface area contributed by atoms with E-state index in [1.54, 1.807) is 0 Å². The van der Waals surface area contributed by atoms with E-state index >= 15 is 0 Å². The van der Waals surface area contributed by atoms with Gasteiger partial charge in [-0.25, -0.2) is 0 Å². The Morgan fingerprint density at radius 3 is 2.52 bits per heavy atom. The lowest BCUT2D eigenvalue weighted by molar-refractivity contribution is -0.137. The van der Waals surface area contributed by atoms with Gasteiger partial charge < -0.3 is 14.5 Å². The molecular weight excluding hydrogens is 313 g/mol. The Labute approximate surface area is 129 Å². The predicted molar refractivity (Wildman–Crippen MR) is 72.3 cm³/mol. The van der Waals surface area contributed by atoms with Gasteiger partial charge in [0.15, 0.2) is 5.69 Å². The molecule has 2 heterocycles. The number of amides is 1. The normalized spacial score (nSPS) is 21.7. The summed E-state index contributed by atoms with van der Waals surface area (Å²) in [4.78, 5) is 13.8. The third-order valence-electron chi connectivity index (χ3n) is 3.82. The fourth-order valence-corrected chi connectivity index (χ4v) is 2.72. The zero-order chi connectivity index (χ0) is 16.6. The minimum absolute atomic E-state index is 0.0935. The number of rotatable bonds is 2. The molecule has 1 aromatic heterocycles. The third kappa shape index (κ3) is 3.07. The monoisotopic (exact) mass is 326 g/mol. The van der Waals surface area contributed by atoms with Gasteiger partial charge in [0.05, 0.1) is 17.7 Å². The van der Waals surface area contributed by atoms with Crippen molar-refractivity contribution in [1.29, 1.82) is 0 Å². The molecule has 5 nitrogen and oxygen atoms in total. The summed E-state index contributed by atoms with van der Waals surface area (Å²) in [5.74, 6) is -0.430. The van der Waals surface area contributed by atoms with Crippen LogP contribution in [0, 0.1) is 0 Å². The van der Waals surface area contributed by atoms with Crippen LogP contribution in [0.25, 0.3) is 0 Å². The van der Waals surface area contributed by atoms with E-state index in [0.717, 1.165) is 12.1 Å². The third-order valence-corrected chi connectivity index (χ3v) is 3.82. The van der Waals surface area contributed by atoms with Crippen LogP contribution in [0.2, 0.25) is 0 Å². The Balaban J connectivity index is 1.86. The smallest absolute Gasteiger partial charge is 0.391 e. The second-order valence-electron chi connectivity index (χ2n) is 5.37. The SMILES string of the molecule is O=C(c1ccon1)N1CC(O)CC1c1ccc(C(F)(F)F)cc1. The molecule has 1 aliphatic heterocycles. The number of hydrogen-bond acceptors (Lipinski definition) is 4. The zero-order valence-corrected chi connectivity index (χ0v) is 11.8. The van der Waals surface area contributed by atoms with Gasteiger partial charge in [0.2, 0.25) is 0 Å². The Kier molecular flexibility index (Phi) is 3.85. The average molecular weight is 326 g/mol. The Morgan fingerprint density at radius 1 is 1.26 bits per heavy atom. The lowest BCUT2D eigenvalue weighted by Gasteiger charge is -2.24. The van der Waals surface area contributed by atoms with Crippen molar-refractivity contribution in [2.45, 2.75) is 24.7 Å². The molecule has 2 atom stereocenters. The van der Waals surface area contributed by atoms with Crippen molar-refractivity contribution in [2.75, 3.05) is 6.54 Å². The number of carbonyl (C=O) groups is 1. The fraction of sp³-hybridized carbons (Fsp3) is 0.333. The highest BCUT2D eigenvalue weighted by molar-refractivity contribution is 5.92. The number of carbonyl (C=O) groups excluding carboxylic acids is 1. The summed E-state index contributed by atoms with van der Waals surface area (Å²) < 4.78 is 42.5. The van der Waals surface area contributed by atoms with Gasteiger partial charge in [0, 0.05) is 12.6 Å². The molecule has 0 saturated carbocycles. The molecule has 0 radical (unpaired) electrons. The van der Waals surface area contributed by atoms with Gasteiger partial charge in [-0.15, -0.1) is 0 Å². The van der Waals surface area contributed by atoms with Crippen LogP contribution < -0.4 is 0 Å². The molecule has 3 rings (SSSR count). The first-order valence-electron chi connectivity index (χ1n) is 6.93. The number of hydrogen-bond donors (Lipinski definition) is 1. The molecule has 0 spiro atoms. The summed E-state index contributed by atoms with van der Waals surface area (Å²) in [5, 5.41) is 13.4. The van der Waals surface area contributed by atoms with Gasteiger partial charge in [-0.3, -0.25) is 4.79 Å². The summed E-state index contributed by atoms with van der Waals surface area (Å²) in [6, 6.07) is 5.49. The minimum atomic E-state index is -4.41. The maximum atomic E-state index is 12.6. The van der Waals surface area contributed by atoms with Crippen molar-refractivity contribution in [1.82, 2.24) is 10.1 Å². The topological polar surface area (TPSA) is 66.6 Å². The van der Waals surface area contributed by atoms with Crippen LogP contribution >= 0.6 is 0 Å². The number of aliphatic hydroxyl groups excluding tert-OH is 1. The van der Waals surface area contributed by atoms with E-state index in [-0.39, 0.29) is 18.7 Å². The molecule has 23 heavy (non-hydrogen) atoms. The molecule has 1 amide bonds. The van der Waals surface area contributed by atoms with Crippen LogP contribution in [0.5, 0.6) is 0 Å². The van der Waals surface area contributed by atoms with Crippen LogP contribution in [0.4, 0.5) is 13.2 Å². The molecule has 0 bridgehead atoms. The second-order valence-corrected chi connectivity index (χ2v) is 5.37. The van der Waals surface area contributed by atoms with Crippen molar-refractivity contribution < 1.29 is 27.6 Å². The highest BCUT2D eigenvalue weighted by Gasteiger charge is 2.37. The van der Waals surface area contributed by atoms with Gasteiger partial charge >= 0.3 is 6.18 Å². The van der Waals surface area contributed by atoms with Gasteiger partial charge in [-0.05, 0) is 24.1 Å². The molecule has 1 saturated heterocycles. The van der Waals surface area contributed by atoms with E-state index in [1.165, 1.54) is 29.4 Å². The Bertz CT molecular complexity index is 683. The maximum Gasteiger partial charge on any atom is 0.416 e. The number of aliphatic hydroxyl groups is 1. The van der Waals surface area contributed by atoms with Crippen molar-refractivity contribution in [3.8, 4) is 0 Å². The van der Waals surface area contributed by atoms with Crippen LogP contribution in [-0.4, -0.2) is 33.7 Å². The first kappa shape index (κ1) is 15.5. The Morgan fingerprint density at radius 2 is 1.96 bits per heavy atom. The van der Waals surface area contributed by atoms with Crippen molar-refractivity contribution >= 4 is 5.91 Å². The van der Waals surface area contributed by atoms with Crippen LogP contribution in [-0.2, 0) is 6.18 Å². The first-order valence-corrected chi connectivity index (χ1v) is 6.93. The van der Waals surface area contributed by atoms with E-state index < -0.39 is 29.8 Å². The summed E-state index contributed by atoms with van der Waals surface area (Å²) >= 11 is 0. The number of likely N-dealkylation sites (tertiary alicyclic amines) is 1. The van der Waals surface area contributed by atoms with Crippen molar-refractivity contribution in [3.63, 3.8) is 0 Å². The highest BCUT2D eigenvalue weighted by Crippen LogP contribution is 2.35. The van der Waals surface area contributed by atoms with E-state index in [0.29, 0.717) is 5.56 Å². The summed E-state index contributed by atoms with van der Waals surface area (Å²) in [5.41, 5.74) is -0.128. The number of β-amino-alcohol motifs (C(OH)–C–C–N with tert-alkyl or cyclic N) is 1. The maximum absolute atomic E-state index is 12.6. The summed E-state index contributed by atoms with van der Waals surface area (Å²) in [6.07, 6.45) is -3.63. The molecule has 122 valence electrons. The lowest BCUT2D eigenvalue weighted by atomic mass is 10.0. The number of alkyl halides is 3. The summed E-state index contributed by atoms with van der Waals surface area (Å²) in [6.45, 7) is 0.0946.